The summed E-state index contributed by atoms with van der Waals surface area (Å²) in [5.41, 5.74) is 7.57. The molecule has 2 aromatic heterocycles. The van der Waals surface area contributed by atoms with Crippen molar-refractivity contribution in [2.45, 2.75) is 69.6 Å². The van der Waals surface area contributed by atoms with E-state index < -0.39 is 9.84 Å². The zero-order valence-electron chi connectivity index (χ0n) is 17.4. The predicted octanol–water partition coefficient (Wildman–Crippen LogP) is 3.06. The molecule has 10 heteroatoms. The fourth-order valence-electron chi connectivity index (χ4n) is 4.43. The lowest BCUT2D eigenvalue weighted by Crippen LogP contribution is -2.47. The van der Waals surface area contributed by atoms with Crippen LogP contribution in [0.5, 0.6) is 0 Å². The Labute approximate surface area is 185 Å². The molecular formula is C20H28N4O3S3. The lowest BCUT2D eigenvalue weighted by Gasteiger charge is -2.33. The van der Waals surface area contributed by atoms with Crippen LogP contribution in [0.25, 0.3) is 10.2 Å². The van der Waals surface area contributed by atoms with Crippen LogP contribution in [0.4, 0.5) is 5.82 Å². The van der Waals surface area contributed by atoms with E-state index in [0.29, 0.717) is 17.4 Å². The second-order valence-electron chi connectivity index (χ2n) is 8.19. The Bertz CT molecular complexity index is 1070. The van der Waals surface area contributed by atoms with Gasteiger partial charge in [0.15, 0.2) is 15.0 Å². The number of aromatic nitrogens is 2. The first kappa shape index (κ1) is 21.8. The molecular weight excluding hydrogens is 440 g/mol. The number of carbonyl (C=O) groups is 1. The molecule has 1 aliphatic heterocycles. The molecule has 1 fully saturated rings. The van der Waals surface area contributed by atoms with Crippen LogP contribution in [0.2, 0.25) is 0 Å². The van der Waals surface area contributed by atoms with Crippen molar-refractivity contribution in [3.05, 3.63) is 10.4 Å². The Morgan fingerprint density at radius 3 is 2.80 bits per heavy atom. The van der Waals surface area contributed by atoms with Crippen LogP contribution < -0.4 is 5.73 Å². The van der Waals surface area contributed by atoms with E-state index in [1.807, 2.05) is 13.8 Å². The molecule has 0 radical (unpaired) electrons. The number of nitrogens with zero attached hydrogens (tertiary/aromatic N) is 3. The van der Waals surface area contributed by atoms with Crippen molar-refractivity contribution in [3.8, 4) is 0 Å². The van der Waals surface area contributed by atoms with E-state index in [1.165, 1.54) is 35.0 Å². The minimum atomic E-state index is -3.06. The number of aryl methyl sites for hydroxylation is 2. The molecule has 1 aliphatic carbocycles. The fraction of sp³-hybridized carbons (Fsp3) is 0.650. The van der Waals surface area contributed by atoms with Gasteiger partial charge in [0.05, 0.1) is 22.6 Å². The van der Waals surface area contributed by atoms with Crippen LogP contribution >= 0.6 is 23.1 Å². The zero-order valence-corrected chi connectivity index (χ0v) is 19.8. The van der Waals surface area contributed by atoms with Gasteiger partial charge in [-0.2, -0.15) is 0 Å². The first-order valence-electron chi connectivity index (χ1n) is 10.5. The van der Waals surface area contributed by atoms with Gasteiger partial charge < -0.3 is 10.6 Å². The first-order chi connectivity index (χ1) is 14.3. The molecule has 0 aromatic carbocycles. The average Bonchev–Trinajstić information content (AvgIpc) is 3.26. The third-order valence-corrected chi connectivity index (χ3v) is 9.87. The number of hydrogen-bond donors (Lipinski definition) is 1. The summed E-state index contributed by atoms with van der Waals surface area (Å²) in [6.45, 7) is 3.99. The molecule has 0 spiro atoms. The smallest absolute Gasteiger partial charge is 0.233 e. The van der Waals surface area contributed by atoms with Crippen LogP contribution in [0.3, 0.4) is 0 Å². The highest BCUT2D eigenvalue weighted by Crippen LogP contribution is 2.38. The summed E-state index contributed by atoms with van der Waals surface area (Å²) in [7, 11) is -3.06. The monoisotopic (exact) mass is 468 g/mol. The number of rotatable bonds is 6. The van der Waals surface area contributed by atoms with Gasteiger partial charge in [-0.25, -0.2) is 18.4 Å². The van der Waals surface area contributed by atoms with E-state index in [9.17, 15) is 13.2 Å². The molecule has 1 amide bonds. The standard InChI is InChI=1S/C20H28N4O3S3/c1-3-12(2)24(13-8-9-30(26,27)11-13)16(25)10-28-20-22-18(21)17-14-6-4-5-7-15(14)29-19(17)23-20/h12-13H,3-11H2,1-2H3,(H2,21,22,23)/t12-,13-/m0/s1. The van der Waals surface area contributed by atoms with Gasteiger partial charge in [0, 0.05) is 17.0 Å². The van der Waals surface area contributed by atoms with Crippen molar-refractivity contribution < 1.29 is 13.2 Å². The van der Waals surface area contributed by atoms with E-state index in [-0.39, 0.29) is 35.2 Å². The van der Waals surface area contributed by atoms with Gasteiger partial charge in [0.1, 0.15) is 10.6 Å². The SMILES string of the molecule is CC[C@H](C)N(C(=O)CSc1nc(N)c2c3c(sc2n1)CCCC3)[C@H]1CCS(=O)(=O)C1. The number of nitrogen functional groups attached to an aromatic ring is 1. The van der Waals surface area contributed by atoms with Crippen LogP contribution in [0.1, 0.15) is 50.0 Å². The van der Waals surface area contributed by atoms with Crippen molar-refractivity contribution in [2.75, 3.05) is 23.0 Å². The Morgan fingerprint density at radius 1 is 1.33 bits per heavy atom. The number of amides is 1. The van der Waals surface area contributed by atoms with E-state index in [1.54, 1.807) is 16.2 Å². The quantitative estimate of drug-likeness (QED) is 0.513. The Kier molecular flexibility index (Phi) is 6.28. The molecule has 30 heavy (non-hydrogen) atoms. The lowest BCUT2D eigenvalue weighted by atomic mass is 9.97. The number of anilines is 1. The van der Waals surface area contributed by atoms with Gasteiger partial charge in [-0.3, -0.25) is 4.79 Å². The zero-order chi connectivity index (χ0) is 21.5. The van der Waals surface area contributed by atoms with Crippen LogP contribution in [0.15, 0.2) is 5.16 Å². The summed E-state index contributed by atoms with van der Waals surface area (Å²) >= 11 is 2.97. The molecule has 2 N–H and O–H groups in total. The molecule has 1 saturated heterocycles. The molecule has 2 atom stereocenters. The average molecular weight is 469 g/mol. The summed E-state index contributed by atoms with van der Waals surface area (Å²) in [5.74, 6) is 0.824. The number of hydrogen-bond acceptors (Lipinski definition) is 8. The Hall–Kier alpha value is -1.39. The van der Waals surface area contributed by atoms with Gasteiger partial charge in [0.25, 0.3) is 0 Å². The van der Waals surface area contributed by atoms with Crippen molar-refractivity contribution in [3.63, 3.8) is 0 Å². The molecule has 0 unspecified atom stereocenters. The lowest BCUT2D eigenvalue weighted by molar-refractivity contribution is -0.132. The highest BCUT2D eigenvalue weighted by Gasteiger charge is 2.36. The van der Waals surface area contributed by atoms with Crippen molar-refractivity contribution >= 4 is 54.9 Å². The molecule has 2 aliphatic rings. The number of carbonyl (C=O) groups excluding carboxylic acids is 1. The highest BCUT2D eigenvalue weighted by atomic mass is 32.2. The number of thioether (sulfide) groups is 1. The van der Waals surface area contributed by atoms with Crippen molar-refractivity contribution in [2.24, 2.45) is 0 Å². The fourth-order valence-corrected chi connectivity index (χ4v) is 8.19. The number of nitrogens with two attached hydrogens (primary N) is 1. The normalized spacial score (nSPS) is 21.5. The third-order valence-electron chi connectivity index (χ3n) is 6.10. The third kappa shape index (κ3) is 4.31. The summed E-state index contributed by atoms with van der Waals surface area (Å²) < 4.78 is 23.9. The van der Waals surface area contributed by atoms with Gasteiger partial charge in [-0.1, -0.05) is 18.7 Å². The summed E-state index contributed by atoms with van der Waals surface area (Å²) in [6.07, 6.45) is 5.77. The summed E-state index contributed by atoms with van der Waals surface area (Å²) in [4.78, 5) is 26.2. The van der Waals surface area contributed by atoms with Crippen molar-refractivity contribution in [1.82, 2.24) is 14.9 Å². The number of thiophene rings is 1. The van der Waals surface area contributed by atoms with Gasteiger partial charge in [0.2, 0.25) is 5.91 Å². The second kappa shape index (κ2) is 8.63. The maximum atomic E-state index is 13.0. The summed E-state index contributed by atoms with van der Waals surface area (Å²) in [6, 6.07) is -0.246. The first-order valence-corrected chi connectivity index (χ1v) is 14.1. The molecule has 0 saturated carbocycles. The van der Waals surface area contributed by atoms with Gasteiger partial charge >= 0.3 is 0 Å². The van der Waals surface area contributed by atoms with E-state index >= 15 is 0 Å². The van der Waals surface area contributed by atoms with Crippen molar-refractivity contribution in [1.29, 1.82) is 0 Å². The molecule has 164 valence electrons. The number of fused-ring (bicyclic) bond motifs is 3. The largest absolute Gasteiger partial charge is 0.383 e. The van der Waals surface area contributed by atoms with E-state index in [2.05, 4.69) is 9.97 Å². The molecule has 0 bridgehead atoms. The number of sulfone groups is 1. The highest BCUT2D eigenvalue weighted by molar-refractivity contribution is 7.99. The topological polar surface area (TPSA) is 106 Å². The van der Waals surface area contributed by atoms with Crippen LogP contribution in [0, 0.1) is 0 Å². The molecule has 3 heterocycles. The van der Waals surface area contributed by atoms with E-state index in [0.717, 1.165) is 29.5 Å². The van der Waals surface area contributed by atoms with Gasteiger partial charge in [-0.05, 0) is 51.0 Å². The maximum absolute atomic E-state index is 13.0. The van der Waals surface area contributed by atoms with Crippen LogP contribution in [-0.2, 0) is 27.5 Å². The maximum Gasteiger partial charge on any atom is 0.233 e. The predicted molar refractivity (Wildman–Crippen MR) is 123 cm³/mol. The summed E-state index contributed by atoms with van der Waals surface area (Å²) in [5, 5.41) is 1.50. The molecule has 4 rings (SSSR count). The molecule has 7 nitrogen and oxygen atoms in total. The Morgan fingerprint density at radius 2 is 2.10 bits per heavy atom. The van der Waals surface area contributed by atoms with E-state index in [4.69, 9.17) is 5.73 Å². The Balaban J connectivity index is 1.51. The minimum Gasteiger partial charge on any atom is -0.383 e. The minimum absolute atomic E-state index is 0.00566. The molecule has 2 aromatic rings. The second-order valence-corrected chi connectivity index (χ2v) is 12.4. The van der Waals surface area contributed by atoms with Gasteiger partial charge in [-0.15, -0.1) is 11.3 Å². The van der Waals surface area contributed by atoms with Crippen LogP contribution in [-0.4, -0.2) is 58.5 Å².